The van der Waals surface area contributed by atoms with Crippen molar-refractivity contribution in [1.29, 1.82) is 0 Å². The van der Waals surface area contributed by atoms with E-state index in [1.54, 1.807) is 6.20 Å². The number of aromatic nitrogens is 4. The Hall–Kier alpha value is -3.14. The summed E-state index contributed by atoms with van der Waals surface area (Å²) in [4.78, 5) is 21.6. The van der Waals surface area contributed by atoms with E-state index in [1.807, 2.05) is 6.20 Å². The van der Waals surface area contributed by atoms with Crippen LogP contribution in [0.15, 0.2) is 60.9 Å². The summed E-state index contributed by atoms with van der Waals surface area (Å²) in [6.07, 6.45) is 8.03. The number of halogens is 2. The Labute approximate surface area is 259 Å². The SMILES string of the molecule is CN1Cc2cnc(Cl)nc2C1.CN1Cc2cnc(NC3Cc4ccccc4C3)nc2C1.Cl.NC1Cc2ccccc2C1. The molecule has 0 unspecified atom stereocenters. The predicted octanol–water partition coefficient (Wildman–Crippen LogP) is 4.61. The molecular weight excluding hydrogens is 567 g/mol. The fourth-order valence-electron chi connectivity index (χ4n) is 6.11. The number of rotatable bonds is 2. The molecule has 2 aromatic heterocycles. The molecule has 4 heterocycles. The molecule has 0 atom stereocenters. The molecule has 0 bridgehead atoms. The van der Waals surface area contributed by atoms with E-state index in [9.17, 15) is 0 Å². The van der Waals surface area contributed by atoms with Crippen LogP contribution in [-0.4, -0.2) is 55.9 Å². The van der Waals surface area contributed by atoms with Crippen molar-refractivity contribution in [1.82, 2.24) is 29.7 Å². The van der Waals surface area contributed by atoms with Gasteiger partial charge in [0.25, 0.3) is 0 Å². The van der Waals surface area contributed by atoms with Gasteiger partial charge in [0.05, 0.1) is 11.4 Å². The van der Waals surface area contributed by atoms with Gasteiger partial charge < -0.3 is 11.1 Å². The normalized spacial score (nSPS) is 17.1. The predicted molar refractivity (Wildman–Crippen MR) is 170 cm³/mol. The van der Waals surface area contributed by atoms with E-state index in [0.29, 0.717) is 17.4 Å². The Bertz CT molecular complexity index is 1480. The zero-order valence-corrected chi connectivity index (χ0v) is 25.7. The maximum absolute atomic E-state index is 5.78. The summed E-state index contributed by atoms with van der Waals surface area (Å²) < 4.78 is 0. The first-order chi connectivity index (χ1) is 19.9. The lowest BCUT2D eigenvalue weighted by Crippen LogP contribution is -2.21. The van der Waals surface area contributed by atoms with Crippen molar-refractivity contribution in [3.8, 4) is 0 Å². The maximum Gasteiger partial charge on any atom is 0.223 e. The number of nitrogens with zero attached hydrogens (tertiary/aromatic N) is 6. The zero-order chi connectivity index (χ0) is 28.3. The standard InChI is InChI=1S/C16H18N4.C9H11N.C7H8ClN3.ClH/c1-20-9-13-8-17-16(19-15(13)10-20)18-14-6-11-4-2-3-5-12(11)7-14;10-9-5-7-3-1-2-4-8(7)6-9;1-11-3-5-2-9-7(8)10-6(5)4-11;/h2-5,8,14H,6-7,9-10H2,1H3,(H,17,18,19);1-4,9H,5-6,10H2;2H,3-4H2,1H3;1H. The Morgan fingerprint density at radius 1 is 0.690 bits per heavy atom. The summed E-state index contributed by atoms with van der Waals surface area (Å²) in [6.45, 7) is 3.71. The molecule has 220 valence electrons. The van der Waals surface area contributed by atoms with Crippen molar-refractivity contribution in [2.45, 2.75) is 63.9 Å². The number of nitrogens with one attached hydrogen (secondary N) is 1. The van der Waals surface area contributed by atoms with Gasteiger partial charge >= 0.3 is 0 Å². The third kappa shape index (κ3) is 7.25. The fraction of sp³-hybridized carbons (Fsp3) is 0.375. The minimum atomic E-state index is 0. The Kier molecular flexibility index (Phi) is 9.70. The first kappa shape index (κ1) is 30.3. The maximum atomic E-state index is 5.78. The molecule has 4 aromatic rings. The van der Waals surface area contributed by atoms with Crippen LogP contribution < -0.4 is 11.1 Å². The molecule has 42 heavy (non-hydrogen) atoms. The summed E-state index contributed by atoms with van der Waals surface area (Å²) >= 11 is 5.63. The van der Waals surface area contributed by atoms with Crippen molar-refractivity contribution in [3.63, 3.8) is 0 Å². The fourth-order valence-corrected chi connectivity index (χ4v) is 6.26. The molecule has 0 spiro atoms. The number of hydrogen-bond donors (Lipinski definition) is 2. The Balaban J connectivity index is 0.000000136. The summed E-state index contributed by atoms with van der Waals surface area (Å²) in [7, 11) is 4.16. The molecule has 4 aliphatic rings. The van der Waals surface area contributed by atoms with Gasteiger partial charge in [0.1, 0.15) is 0 Å². The second-order valence-electron chi connectivity index (χ2n) is 11.6. The van der Waals surface area contributed by atoms with Gasteiger partial charge in [0.15, 0.2) is 0 Å². The quantitative estimate of drug-likeness (QED) is 0.320. The molecule has 3 N–H and O–H groups in total. The summed E-state index contributed by atoms with van der Waals surface area (Å²) in [5, 5.41) is 3.84. The van der Waals surface area contributed by atoms with Crippen LogP contribution in [-0.2, 0) is 51.9 Å². The molecule has 0 radical (unpaired) electrons. The van der Waals surface area contributed by atoms with Crippen LogP contribution in [0.3, 0.4) is 0 Å². The van der Waals surface area contributed by atoms with Crippen molar-refractivity contribution < 1.29 is 0 Å². The summed E-state index contributed by atoms with van der Waals surface area (Å²) in [6, 6.07) is 18.0. The van der Waals surface area contributed by atoms with Gasteiger partial charge in [-0.2, -0.15) is 0 Å². The number of anilines is 1. The van der Waals surface area contributed by atoms with Crippen molar-refractivity contribution in [3.05, 3.63) is 111 Å². The van der Waals surface area contributed by atoms with Crippen molar-refractivity contribution in [2.24, 2.45) is 5.73 Å². The van der Waals surface area contributed by atoms with Crippen LogP contribution in [0.5, 0.6) is 0 Å². The lowest BCUT2D eigenvalue weighted by atomic mass is 10.1. The number of fused-ring (bicyclic) bond motifs is 4. The van der Waals surface area contributed by atoms with E-state index in [-0.39, 0.29) is 12.4 Å². The molecule has 10 heteroatoms. The Morgan fingerprint density at radius 3 is 1.71 bits per heavy atom. The van der Waals surface area contributed by atoms with Gasteiger partial charge in [-0.1, -0.05) is 48.5 Å². The average molecular weight is 606 g/mol. The van der Waals surface area contributed by atoms with E-state index in [1.165, 1.54) is 39.1 Å². The molecule has 2 aliphatic carbocycles. The molecule has 8 rings (SSSR count). The van der Waals surface area contributed by atoms with Crippen LogP contribution in [0.25, 0.3) is 0 Å². The van der Waals surface area contributed by atoms with Crippen LogP contribution in [0.2, 0.25) is 5.28 Å². The molecule has 0 fully saturated rings. The first-order valence-corrected chi connectivity index (χ1v) is 14.6. The smallest absolute Gasteiger partial charge is 0.223 e. The average Bonchev–Trinajstić information content (AvgIpc) is 3.71. The minimum Gasteiger partial charge on any atom is -0.351 e. The molecule has 8 nitrogen and oxygen atoms in total. The van der Waals surface area contributed by atoms with Gasteiger partial charge in [0.2, 0.25) is 11.2 Å². The second kappa shape index (κ2) is 13.4. The number of benzene rings is 2. The van der Waals surface area contributed by atoms with Crippen molar-refractivity contribution in [2.75, 3.05) is 19.4 Å². The van der Waals surface area contributed by atoms with Gasteiger partial charge in [-0.25, -0.2) is 19.9 Å². The van der Waals surface area contributed by atoms with E-state index in [2.05, 4.69) is 97.7 Å². The summed E-state index contributed by atoms with van der Waals surface area (Å²) in [5.41, 5.74) is 16.2. The van der Waals surface area contributed by atoms with Gasteiger partial charge in [-0.3, -0.25) is 9.80 Å². The lowest BCUT2D eigenvalue weighted by molar-refractivity contribution is 0.351. The third-order valence-electron chi connectivity index (χ3n) is 8.07. The van der Waals surface area contributed by atoms with Gasteiger partial charge in [-0.05, 0) is 73.6 Å². The zero-order valence-electron chi connectivity index (χ0n) is 24.1. The van der Waals surface area contributed by atoms with E-state index in [4.69, 9.17) is 17.3 Å². The minimum absolute atomic E-state index is 0. The molecule has 2 aliphatic heterocycles. The molecule has 2 aromatic carbocycles. The molecule has 0 saturated carbocycles. The van der Waals surface area contributed by atoms with Gasteiger partial charge in [0, 0.05) is 61.8 Å². The van der Waals surface area contributed by atoms with E-state index in [0.717, 1.165) is 63.5 Å². The third-order valence-corrected chi connectivity index (χ3v) is 8.25. The van der Waals surface area contributed by atoms with Crippen LogP contribution >= 0.6 is 24.0 Å². The second-order valence-corrected chi connectivity index (χ2v) is 11.9. The van der Waals surface area contributed by atoms with E-state index < -0.39 is 0 Å². The van der Waals surface area contributed by atoms with Gasteiger partial charge in [-0.15, -0.1) is 12.4 Å². The highest BCUT2D eigenvalue weighted by atomic mass is 35.5. The molecule has 0 amide bonds. The Morgan fingerprint density at radius 2 is 1.17 bits per heavy atom. The molecule has 0 saturated heterocycles. The summed E-state index contributed by atoms with van der Waals surface area (Å²) in [5.74, 6) is 0.775. The van der Waals surface area contributed by atoms with E-state index >= 15 is 0 Å². The van der Waals surface area contributed by atoms with Crippen molar-refractivity contribution >= 4 is 30.0 Å². The largest absolute Gasteiger partial charge is 0.351 e. The lowest BCUT2D eigenvalue weighted by Gasteiger charge is -2.12. The topological polar surface area (TPSA) is 96.1 Å². The molecular formula is C32H38Cl2N8. The monoisotopic (exact) mass is 604 g/mol. The highest BCUT2D eigenvalue weighted by Gasteiger charge is 2.23. The number of nitrogens with two attached hydrogens (primary N) is 1. The van der Waals surface area contributed by atoms with Crippen LogP contribution in [0.1, 0.15) is 44.8 Å². The highest BCUT2D eigenvalue weighted by Crippen LogP contribution is 2.25. The van der Waals surface area contributed by atoms with Crippen LogP contribution in [0, 0.1) is 0 Å². The number of hydrogen-bond acceptors (Lipinski definition) is 8. The van der Waals surface area contributed by atoms with Crippen LogP contribution in [0.4, 0.5) is 5.95 Å². The first-order valence-electron chi connectivity index (χ1n) is 14.3. The highest BCUT2D eigenvalue weighted by molar-refractivity contribution is 6.28.